The first-order valence-electron chi connectivity index (χ1n) is 5.64. The van der Waals surface area contributed by atoms with Crippen molar-refractivity contribution >= 4 is 17.4 Å². The van der Waals surface area contributed by atoms with Crippen LogP contribution in [0.5, 0.6) is 5.75 Å². The molecular formula is C11H18ClN3O2. The van der Waals surface area contributed by atoms with Gasteiger partial charge in [-0.2, -0.15) is 0 Å². The van der Waals surface area contributed by atoms with Gasteiger partial charge in [-0.1, -0.05) is 24.9 Å². The van der Waals surface area contributed by atoms with Crippen molar-refractivity contribution in [1.82, 2.24) is 9.97 Å². The molecule has 1 aromatic rings. The number of unbranched alkanes of at least 4 members (excludes halogenated alkanes) is 1. The molecule has 0 amide bonds. The summed E-state index contributed by atoms with van der Waals surface area (Å²) in [6.45, 7) is 3.49. The molecule has 1 N–H and O–H groups in total. The van der Waals surface area contributed by atoms with E-state index in [2.05, 4.69) is 16.9 Å². The number of hydrogen-bond donors (Lipinski definition) is 1. The van der Waals surface area contributed by atoms with Gasteiger partial charge in [-0.25, -0.2) is 9.97 Å². The van der Waals surface area contributed by atoms with Crippen LogP contribution in [0, 0.1) is 0 Å². The highest BCUT2D eigenvalue weighted by Gasteiger charge is 2.16. The highest BCUT2D eigenvalue weighted by atomic mass is 35.5. The summed E-state index contributed by atoms with van der Waals surface area (Å²) in [4.78, 5) is 10.0. The maximum absolute atomic E-state index is 9.07. The van der Waals surface area contributed by atoms with Crippen LogP contribution in [-0.2, 0) is 0 Å². The van der Waals surface area contributed by atoms with Gasteiger partial charge >= 0.3 is 0 Å². The van der Waals surface area contributed by atoms with Crippen LogP contribution in [0.1, 0.15) is 19.8 Å². The Bertz CT molecular complexity index is 349. The van der Waals surface area contributed by atoms with Crippen molar-refractivity contribution in [2.75, 3.05) is 31.7 Å². The molecule has 0 atom stereocenters. The maximum atomic E-state index is 9.07. The molecule has 17 heavy (non-hydrogen) atoms. The van der Waals surface area contributed by atoms with Gasteiger partial charge in [-0.3, -0.25) is 0 Å². The fraction of sp³-hybridized carbons (Fsp3) is 0.636. The van der Waals surface area contributed by atoms with Crippen molar-refractivity contribution in [3.8, 4) is 5.75 Å². The lowest BCUT2D eigenvalue weighted by Gasteiger charge is -2.24. The van der Waals surface area contributed by atoms with E-state index in [9.17, 15) is 0 Å². The zero-order valence-electron chi connectivity index (χ0n) is 10.2. The Morgan fingerprint density at radius 2 is 2.18 bits per heavy atom. The van der Waals surface area contributed by atoms with E-state index < -0.39 is 0 Å². The summed E-state index contributed by atoms with van der Waals surface area (Å²) in [6.07, 6.45) is 3.49. The second-order valence-corrected chi connectivity index (χ2v) is 3.94. The molecule has 0 radical (unpaired) electrons. The highest BCUT2D eigenvalue weighted by Crippen LogP contribution is 2.31. The SMILES string of the molecule is CCCCN(CCO)c1ncnc(Cl)c1OC. The zero-order chi connectivity index (χ0) is 12.7. The van der Waals surface area contributed by atoms with Crippen LogP contribution < -0.4 is 9.64 Å². The van der Waals surface area contributed by atoms with Crippen LogP contribution in [0.15, 0.2) is 6.33 Å². The monoisotopic (exact) mass is 259 g/mol. The molecule has 0 aromatic carbocycles. The minimum absolute atomic E-state index is 0.0640. The zero-order valence-corrected chi connectivity index (χ0v) is 10.9. The molecule has 5 nitrogen and oxygen atoms in total. The number of rotatable bonds is 7. The van der Waals surface area contributed by atoms with Crippen molar-refractivity contribution in [3.05, 3.63) is 11.5 Å². The normalized spacial score (nSPS) is 10.4. The van der Waals surface area contributed by atoms with Crippen molar-refractivity contribution in [3.63, 3.8) is 0 Å². The molecule has 1 heterocycles. The van der Waals surface area contributed by atoms with Gasteiger partial charge in [0.05, 0.1) is 13.7 Å². The number of aliphatic hydroxyl groups is 1. The van der Waals surface area contributed by atoms with E-state index in [0.717, 1.165) is 19.4 Å². The van der Waals surface area contributed by atoms with E-state index in [1.165, 1.54) is 13.4 Å². The number of halogens is 1. The first-order chi connectivity index (χ1) is 8.24. The summed E-state index contributed by atoms with van der Waals surface area (Å²) in [5, 5.41) is 9.36. The molecule has 6 heteroatoms. The summed E-state index contributed by atoms with van der Waals surface area (Å²) < 4.78 is 5.20. The quantitative estimate of drug-likeness (QED) is 0.756. The number of anilines is 1. The van der Waals surface area contributed by atoms with E-state index in [4.69, 9.17) is 21.4 Å². The third-order valence-electron chi connectivity index (χ3n) is 2.40. The van der Waals surface area contributed by atoms with Crippen molar-refractivity contribution in [1.29, 1.82) is 0 Å². The average Bonchev–Trinajstić information content (AvgIpc) is 2.34. The predicted molar refractivity (Wildman–Crippen MR) is 67.8 cm³/mol. The van der Waals surface area contributed by atoms with Crippen molar-refractivity contribution < 1.29 is 9.84 Å². The van der Waals surface area contributed by atoms with E-state index >= 15 is 0 Å². The van der Waals surface area contributed by atoms with Gasteiger partial charge in [0.1, 0.15) is 6.33 Å². The number of ether oxygens (including phenoxy) is 1. The molecule has 1 rings (SSSR count). The van der Waals surface area contributed by atoms with Gasteiger partial charge in [0.15, 0.2) is 16.7 Å². The van der Waals surface area contributed by atoms with Gasteiger partial charge in [0, 0.05) is 13.1 Å². The minimum Gasteiger partial charge on any atom is -0.490 e. The molecule has 0 unspecified atom stereocenters. The topological polar surface area (TPSA) is 58.5 Å². The van der Waals surface area contributed by atoms with Crippen LogP contribution in [0.3, 0.4) is 0 Å². The summed E-state index contributed by atoms with van der Waals surface area (Å²) in [6, 6.07) is 0. The molecule has 0 aliphatic heterocycles. The summed E-state index contributed by atoms with van der Waals surface area (Å²) >= 11 is 5.94. The molecular weight excluding hydrogens is 242 g/mol. The molecule has 96 valence electrons. The number of hydrogen-bond acceptors (Lipinski definition) is 5. The summed E-state index contributed by atoms with van der Waals surface area (Å²) in [5.41, 5.74) is 0. The lowest BCUT2D eigenvalue weighted by atomic mass is 10.3. The molecule has 0 aliphatic rings. The number of aromatic nitrogens is 2. The Morgan fingerprint density at radius 3 is 2.76 bits per heavy atom. The van der Waals surface area contributed by atoms with Crippen LogP contribution >= 0.6 is 11.6 Å². The van der Waals surface area contributed by atoms with Gasteiger partial charge in [-0.15, -0.1) is 0 Å². The lowest BCUT2D eigenvalue weighted by Crippen LogP contribution is -2.29. The number of methoxy groups -OCH3 is 1. The largest absolute Gasteiger partial charge is 0.490 e. The molecule has 0 spiro atoms. The Balaban J connectivity index is 2.95. The lowest BCUT2D eigenvalue weighted by molar-refractivity contribution is 0.300. The fourth-order valence-electron chi connectivity index (χ4n) is 1.54. The Morgan fingerprint density at radius 1 is 1.41 bits per heavy atom. The second-order valence-electron chi connectivity index (χ2n) is 3.59. The van der Waals surface area contributed by atoms with E-state index in [1.54, 1.807) is 0 Å². The van der Waals surface area contributed by atoms with E-state index in [-0.39, 0.29) is 11.8 Å². The average molecular weight is 260 g/mol. The molecule has 1 aromatic heterocycles. The second kappa shape index (κ2) is 7.29. The molecule has 0 bridgehead atoms. The van der Waals surface area contributed by atoms with Gasteiger partial charge in [0.2, 0.25) is 0 Å². The highest BCUT2D eigenvalue weighted by molar-refractivity contribution is 6.31. The van der Waals surface area contributed by atoms with E-state index in [1.807, 2.05) is 4.90 Å². The number of nitrogens with zero attached hydrogens (tertiary/aromatic N) is 3. The van der Waals surface area contributed by atoms with E-state index in [0.29, 0.717) is 18.1 Å². The maximum Gasteiger partial charge on any atom is 0.199 e. The smallest absolute Gasteiger partial charge is 0.199 e. The Hall–Kier alpha value is -1.07. The first-order valence-corrected chi connectivity index (χ1v) is 6.02. The van der Waals surface area contributed by atoms with Gasteiger partial charge < -0.3 is 14.7 Å². The Kier molecular flexibility index (Phi) is 6.00. The van der Waals surface area contributed by atoms with Crippen LogP contribution in [0.2, 0.25) is 5.15 Å². The summed E-state index contributed by atoms with van der Waals surface area (Å²) in [5.74, 6) is 1.09. The minimum atomic E-state index is 0.0640. The Labute approximate surface area is 106 Å². The third-order valence-corrected chi connectivity index (χ3v) is 2.67. The van der Waals surface area contributed by atoms with Crippen LogP contribution in [0.25, 0.3) is 0 Å². The number of aliphatic hydroxyl groups excluding tert-OH is 1. The predicted octanol–water partition coefficient (Wildman–Crippen LogP) is 1.74. The molecule has 0 saturated carbocycles. The van der Waals surface area contributed by atoms with Crippen LogP contribution in [-0.4, -0.2) is 41.9 Å². The van der Waals surface area contributed by atoms with Gasteiger partial charge in [0.25, 0.3) is 0 Å². The van der Waals surface area contributed by atoms with Crippen LogP contribution in [0.4, 0.5) is 5.82 Å². The molecule has 0 saturated heterocycles. The summed E-state index contributed by atoms with van der Waals surface area (Å²) in [7, 11) is 1.53. The van der Waals surface area contributed by atoms with Crippen molar-refractivity contribution in [2.24, 2.45) is 0 Å². The first kappa shape index (κ1) is 14.0. The third kappa shape index (κ3) is 3.71. The molecule has 0 fully saturated rings. The van der Waals surface area contributed by atoms with Crippen molar-refractivity contribution in [2.45, 2.75) is 19.8 Å². The standard InChI is InChI=1S/C11H18ClN3O2/c1-3-4-5-15(6-7-16)11-9(17-2)10(12)13-8-14-11/h8,16H,3-7H2,1-2H3. The molecule has 0 aliphatic carbocycles. The fourth-order valence-corrected chi connectivity index (χ4v) is 1.74. The van der Waals surface area contributed by atoms with Gasteiger partial charge in [-0.05, 0) is 6.42 Å².